The minimum atomic E-state index is -0.882. The van der Waals surface area contributed by atoms with Gasteiger partial charge in [0.2, 0.25) is 5.91 Å². The smallest absolute Gasteiger partial charge is 0.316 e. The van der Waals surface area contributed by atoms with Crippen LogP contribution in [0.2, 0.25) is 0 Å². The summed E-state index contributed by atoms with van der Waals surface area (Å²) >= 11 is 1.15. The molecule has 1 unspecified atom stereocenters. The molecule has 1 atom stereocenters. The largest absolute Gasteiger partial charge is 0.496 e. The number of hydrogen-bond donors (Lipinski definition) is 2. The standard InChI is InChI=1S/C15H21NO4S/c1-10(2)14(15(18)19)21-9-13(17)16-8-11-6-4-5-7-12(11)20-3/h4-7,10,14H,8-9H2,1-3H3,(H,16,17)(H,18,19). The van der Waals surface area contributed by atoms with Gasteiger partial charge in [-0.2, -0.15) is 0 Å². The Morgan fingerprint density at radius 1 is 1.33 bits per heavy atom. The van der Waals surface area contributed by atoms with Crippen LogP contribution in [-0.4, -0.2) is 35.1 Å². The molecule has 0 saturated heterocycles. The Bertz CT molecular complexity index is 490. The van der Waals surface area contributed by atoms with Crippen molar-refractivity contribution in [3.8, 4) is 5.75 Å². The van der Waals surface area contributed by atoms with Crippen LogP contribution in [0, 0.1) is 5.92 Å². The molecule has 5 nitrogen and oxygen atoms in total. The summed E-state index contributed by atoms with van der Waals surface area (Å²) in [4.78, 5) is 22.8. The molecule has 0 spiro atoms. The fraction of sp³-hybridized carbons (Fsp3) is 0.467. The summed E-state index contributed by atoms with van der Waals surface area (Å²) in [5.41, 5.74) is 0.886. The molecule has 0 heterocycles. The molecule has 0 fully saturated rings. The first kappa shape index (κ1) is 17.4. The van der Waals surface area contributed by atoms with E-state index in [2.05, 4.69) is 5.32 Å². The first-order valence-electron chi connectivity index (χ1n) is 6.68. The minimum Gasteiger partial charge on any atom is -0.496 e. The SMILES string of the molecule is COc1ccccc1CNC(=O)CSC(C(=O)O)C(C)C. The Morgan fingerprint density at radius 2 is 2.00 bits per heavy atom. The molecule has 2 N–H and O–H groups in total. The molecule has 116 valence electrons. The van der Waals surface area contributed by atoms with E-state index in [1.165, 1.54) is 0 Å². The molecule has 1 aromatic carbocycles. The van der Waals surface area contributed by atoms with Crippen LogP contribution in [0.3, 0.4) is 0 Å². The fourth-order valence-electron chi connectivity index (χ4n) is 1.81. The second kappa shape index (κ2) is 8.56. The Kier molecular flexibility index (Phi) is 7.08. The maximum Gasteiger partial charge on any atom is 0.316 e. The van der Waals surface area contributed by atoms with E-state index in [1.807, 2.05) is 38.1 Å². The second-order valence-electron chi connectivity index (χ2n) is 4.90. The van der Waals surface area contributed by atoms with E-state index in [1.54, 1.807) is 7.11 Å². The van der Waals surface area contributed by atoms with Crippen molar-refractivity contribution in [3.05, 3.63) is 29.8 Å². The summed E-state index contributed by atoms with van der Waals surface area (Å²) in [6, 6.07) is 7.44. The van der Waals surface area contributed by atoms with Gasteiger partial charge in [-0.3, -0.25) is 9.59 Å². The third-order valence-electron chi connectivity index (χ3n) is 2.91. The molecule has 21 heavy (non-hydrogen) atoms. The number of benzene rings is 1. The summed E-state index contributed by atoms with van der Waals surface area (Å²) in [5, 5.41) is 11.3. The lowest BCUT2D eigenvalue weighted by molar-refractivity contribution is -0.137. The monoisotopic (exact) mass is 311 g/mol. The summed E-state index contributed by atoms with van der Waals surface area (Å²) in [6.45, 7) is 4.03. The van der Waals surface area contributed by atoms with Crippen LogP contribution < -0.4 is 10.1 Å². The molecule has 0 aromatic heterocycles. The van der Waals surface area contributed by atoms with Crippen molar-refractivity contribution in [2.45, 2.75) is 25.6 Å². The number of thioether (sulfide) groups is 1. The van der Waals surface area contributed by atoms with Gasteiger partial charge in [-0.1, -0.05) is 32.0 Å². The Morgan fingerprint density at radius 3 is 2.57 bits per heavy atom. The average Bonchev–Trinajstić information content (AvgIpc) is 2.44. The number of carboxylic acids is 1. The molecule has 0 aliphatic heterocycles. The van der Waals surface area contributed by atoms with Crippen LogP contribution in [0.1, 0.15) is 19.4 Å². The van der Waals surface area contributed by atoms with Crippen LogP contribution in [0.25, 0.3) is 0 Å². The number of aliphatic carboxylic acids is 1. The normalized spacial score (nSPS) is 12.0. The van der Waals surface area contributed by atoms with Crippen molar-refractivity contribution in [1.82, 2.24) is 5.32 Å². The Hall–Kier alpha value is -1.69. The molecule has 0 bridgehead atoms. The zero-order valence-electron chi connectivity index (χ0n) is 12.5. The zero-order chi connectivity index (χ0) is 15.8. The predicted octanol–water partition coefficient (Wildman–Crippen LogP) is 2.15. The third-order valence-corrected chi connectivity index (χ3v) is 4.45. The van der Waals surface area contributed by atoms with Crippen LogP contribution >= 0.6 is 11.8 Å². The van der Waals surface area contributed by atoms with E-state index in [0.717, 1.165) is 23.1 Å². The quantitative estimate of drug-likeness (QED) is 0.769. The molecule has 1 aromatic rings. The lowest BCUT2D eigenvalue weighted by Gasteiger charge is -2.15. The van der Waals surface area contributed by atoms with Gasteiger partial charge in [-0.25, -0.2) is 0 Å². The van der Waals surface area contributed by atoms with Gasteiger partial charge in [0.05, 0.1) is 12.9 Å². The first-order valence-corrected chi connectivity index (χ1v) is 7.73. The van der Waals surface area contributed by atoms with Crippen molar-refractivity contribution in [2.75, 3.05) is 12.9 Å². The van der Waals surface area contributed by atoms with Crippen molar-refractivity contribution < 1.29 is 19.4 Å². The van der Waals surface area contributed by atoms with E-state index >= 15 is 0 Å². The van der Waals surface area contributed by atoms with Gasteiger partial charge < -0.3 is 15.2 Å². The van der Waals surface area contributed by atoms with Crippen molar-refractivity contribution in [1.29, 1.82) is 0 Å². The summed E-state index contributed by atoms with van der Waals surface area (Å²) in [5.74, 6) is -0.236. The van der Waals surface area contributed by atoms with Crippen LogP contribution in [-0.2, 0) is 16.1 Å². The second-order valence-corrected chi connectivity index (χ2v) is 6.03. The maximum atomic E-state index is 11.8. The highest BCUT2D eigenvalue weighted by Gasteiger charge is 2.22. The van der Waals surface area contributed by atoms with E-state index in [0.29, 0.717) is 6.54 Å². The Balaban J connectivity index is 2.46. The maximum absolute atomic E-state index is 11.8. The number of carbonyl (C=O) groups excluding carboxylic acids is 1. The number of carboxylic acid groups (broad SMARTS) is 1. The van der Waals surface area contributed by atoms with Crippen molar-refractivity contribution in [2.24, 2.45) is 5.92 Å². The van der Waals surface area contributed by atoms with Gasteiger partial charge in [0.15, 0.2) is 0 Å². The number of carbonyl (C=O) groups is 2. The molecule has 0 saturated carbocycles. The number of ether oxygens (including phenoxy) is 1. The number of amides is 1. The highest BCUT2D eigenvalue weighted by Crippen LogP contribution is 2.20. The molecule has 1 amide bonds. The van der Waals surface area contributed by atoms with Gasteiger partial charge in [0.1, 0.15) is 11.0 Å². The van der Waals surface area contributed by atoms with E-state index in [-0.39, 0.29) is 17.6 Å². The summed E-state index contributed by atoms with van der Waals surface area (Å²) in [7, 11) is 1.58. The van der Waals surface area contributed by atoms with E-state index in [4.69, 9.17) is 9.84 Å². The number of methoxy groups -OCH3 is 1. The average molecular weight is 311 g/mol. The molecule has 0 aliphatic rings. The minimum absolute atomic E-state index is 0.0190. The molecule has 6 heteroatoms. The van der Waals surface area contributed by atoms with Crippen LogP contribution in [0.4, 0.5) is 0 Å². The van der Waals surface area contributed by atoms with E-state index < -0.39 is 11.2 Å². The predicted molar refractivity (Wildman–Crippen MR) is 83.6 cm³/mol. The van der Waals surface area contributed by atoms with Gasteiger partial charge >= 0.3 is 5.97 Å². The highest BCUT2D eigenvalue weighted by molar-refractivity contribution is 8.01. The molecule has 1 rings (SSSR count). The van der Waals surface area contributed by atoms with Gasteiger partial charge in [0, 0.05) is 12.1 Å². The number of rotatable bonds is 8. The van der Waals surface area contributed by atoms with Crippen LogP contribution in [0.15, 0.2) is 24.3 Å². The molecular formula is C15H21NO4S. The third kappa shape index (κ3) is 5.67. The fourth-order valence-corrected chi connectivity index (χ4v) is 2.77. The van der Waals surface area contributed by atoms with Crippen molar-refractivity contribution >= 4 is 23.6 Å². The summed E-state index contributed by atoms with van der Waals surface area (Å²) < 4.78 is 5.20. The van der Waals surface area contributed by atoms with E-state index in [9.17, 15) is 9.59 Å². The summed E-state index contributed by atoms with van der Waals surface area (Å²) in [6.07, 6.45) is 0. The first-order chi connectivity index (χ1) is 9.95. The lowest BCUT2D eigenvalue weighted by atomic mass is 10.1. The number of hydrogen-bond acceptors (Lipinski definition) is 4. The highest BCUT2D eigenvalue weighted by atomic mass is 32.2. The topological polar surface area (TPSA) is 75.6 Å². The molecule has 0 aliphatic carbocycles. The zero-order valence-corrected chi connectivity index (χ0v) is 13.3. The number of nitrogens with one attached hydrogen (secondary N) is 1. The Labute approximate surface area is 129 Å². The molecular weight excluding hydrogens is 290 g/mol. The van der Waals surface area contributed by atoms with Crippen molar-refractivity contribution in [3.63, 3.8) is 0 Å². The lowest BCUT2D eigenvalue weighted by Crippen LogP contribution is -2.29. The van der Waals surface area contributed by atoms with Gasteiger partial charge in [-0.15, -0.1) is 11.8 Å². The number of para-hydroxylation sites is 1. The molecule has 0 radical (unpaired) electrons. The van der Waals surface area contributed by atoms with Gasteiger partial charge in [-0.05, 0) is 12.0 Å². The van der Waals surface area contributed by atoms with Gasteiger partial charge in [0.25, 0.3) is 0 Å². The van der Waals surface area contributed by atoms with Crippen LogP contribution in [0.5, 0.6) is 5.75 Å².